The van der Waals surface area contributed by atoms with Crippen molar-refractivity contribution >= 4 is 41.0 Å². The van der Waals surface area contributed by atoms with Gasteiger partial charge in [-0.15, -0.1) is 0 Å². The summed E-state index contributed by atoms with van der Waals surface area (Å²) in [5, 5.41) is 21.2. The maximum Gasteiger partial charge on any atom is 0.490 e. The smallest absolute Gasteiger partial charge is 0.481 e. The molecule has 0 bridgehead atoms. The van der Waals surface area contributed by atoms with Crippen molar-refractivity contribution in [3.05, 3.63) is 24.3 Å². The molecule has 2 aliphatic heterocycles. The Bertz CT molecular complexity index is 1100. The van der Waals surface area contributed by atoms with Gasteiger partial charge >= 0.3 is 18.1 Å². The lowest BCUT2D eigenvalue weighted by Gasteiger charge is -2.36. The summed E-state index contributed by atoms with van der Waals surface area (Å²) in [6, 6.07) is 7.41. The predicted octanol–water partition coefficient (Wildman–Crippen LogP) is 1.10. The average molecular weight is 635 g/mol. The monoisotopic (exact) mass is 634 g/mol. The van der Waals surface area contributed by atoms with Crippen molar-refractivity contribution in [1.29, 1.82) is 0 Å². The molecule has 0 saturated carbocycles. The van der Waals surface area contributed by atoms with Crippen LogP contribution in [0.25, 0.3) is 0 Å². The molecule has 2 heterocycles. The van der Waals surface area contributed by atoms with Crippen LogP contribution in [0.4, 0.5) is 24.5 Å². The first kappa shape index (κ1) is 36.2. The van der Waals surface area contributed by atoms with Gasteiger partial charge in [0.2, 0.25) is 17.7 Å². The number of carboxylic acid groups (broad SMARTS) is 2. The van der Waals surface area contributed by atoms with Gasteiger partial charge < -0.3 is 39.5 Å². The lowest BCUT2D eigenvalue weighted by Crippen LogP contribution is -2.49. The van der Waals surface area contributed by atoms with Crippen molar-refractivity contribution in [2.45, 2.75) is 37.9 Å². The van der Waals surface area contributed by atoms with Gasteiger partial charge in [0.15, 0.2) is 0 Å². The van der Waals surface area contributed by atoms with E-state index in [1.165, 1.54) is 0 Å². The predicted molar refractivity (Wildman–Crippen MR) is 148 cm³/mol. The van der Waals surface area contributed by atoms with Gasteiger partial charge in [0.25, 0.3) is 0 Å². The van der Waals surface area contributed by atoms with E-state index in [0.29, 0.717) is 65.4 Å². The number of piperazine rings is 1. The number of rotatable bonds is 15. The molecule has 0 aromatic heterocycles. The number of carboxylic acids is 2. The molecule has 246 valence electrons. The second-order valence-corrected chi connectivity index (χ2v) is 9.60. The number of anilines is 2. The van der Waals surface area contributed by atoms with Gasteiger partial charge in [-0.3, -0.25) is 24.5 Å². The molecule has 2 fully saturated rings. The first-order valence-corrected chi connectivity index (χ1v) is 13.8. The van der Waals surface area contributed by atoms with E-state index >= 15 is 0 Å². The number of hydrogen-bond acceptors (Lipinski definition) is 10. The number of carbonyl (C=O) groups excluding carboxylic acids is 3. The Morgan fingerprint density at radius 3 is 1.89 bits per heavy atom. The zero-order valence-corrected chi connectivity index (χ0v) is 24.0. The number of carbonyl (C=O) groups is 5. The Morgan fingerprint density at radius 1 is 0.864 bits per heavy atom. The van der Waals surface area contributed by atoms with Crippen LogP contribution in [0, 0.1) is 0 Å². The molecular formula is C27H37F3N4O10. The van der Waals surface area contributed by atoms with E-state index in [4.69, 9.17) is 29.2 Å². The second-order valence-electron chi connectivity index (χ2n) is 9.60. The summed E-state index contributed by atoms with van der Waals surface area (Å²) in [7, 11) is 0. The number of hydrogen-bond donors (Lipinski definition) is 4. The highest BCUT2D eigenvalue weighted by Crippen LogP contribution is 2.21. The van der Waals surface area contributed by atoms with E-state index in [0.717, 1.165) is 24.5 Å². The van der Waals surface area contributed by atoms with Gasteiger partial charge in [-0.1, -0.05) is 0 Å². The molecule has 1 aromatic carbocycles. The first-order valence-electron chi connectivity index (χ1n) is 13.8. The van der Waals surface area contributed by atoms with Gasteiger partial charge in [0.1, 0.15) is 6.04 Å². The number of halogens is 3. The Morgan fingerprint density at radius 2 is 1.39 bits per heavy atom. The fourth-order valence-corrected chi connectivity index (χ4v) is 4.03. The van der Waals surface area contributed by atoms with Crippen LogP contribution < -0.4 is 15.5 Å². The molecule has 3 amide bonds. The van der Waals surface area contributed by atoms with Crippen LogP contribution in [0.5, 0.6) is 0 Å². The minimum Gasteiger partial charge on any atom is -0.481 e. The summed E-state index contributed by atoms with van der Waals surface area (Å²) >= 11 is 0. The summed E-state index contributed by atoms with van der Waals surface area (Å²) < 4.78 is 47.7. The molecule has 0 spiro atoms. The molecule has 0 radical (unpaired) electrons. The number of piperidine rings is 1. The largest absolute Gasteiger partial charge is 0.490 e. The van der Waals surface area contributed by atoms with Crippen molar-refractivity contribution in [2.75, 3.05) is 76.0 Å². The van der Waals surface area contributed by atoms with Crippen LogP contribution >= 0.6 is 0 Å². The van der Waals surface area contributed by atoms with E-state index < -0.39 is 24.2 Å². The van der Waals surface area contributed by atoms with Crippen molar-refractivity contribution in [2.24, 2.45) is 0 Å². The van der Waals surface area contributed by atoms with Crippen molar-refractivity contribution < 1.29 is 61.6 Å². The standard InChI is InChI=1S/C25H36N4O8.C2HF3O2/c30-22-6-5-21(25(34)27-22)26-19-1-3-20(4-2-19)28-9-11-29(12-10-28)23(31)7-13-35-15-17-37-18-16-36-14-8-24(32)33;3-2(4,5)1(6)7/h1-4,21,26H,5-18H2,(H,32,33)(H,27,30,34);(H,6,7). The van der Waals surface area contributed by atoms with E-state index in [2.05, 4.69) is 15.5 Å². The van der Waals surface area contributed by atoms with E-state index in [1.807, 2.05) is 29.2 Å². The van der Waals surface area contributed by atoms with Crippen LogP contribution in [-0.2, 0) is 38.2 Å². The van der Waals surface area contributed by atoms with Crippen molar-refractivity contribution in [3.63, 3.8) is 0 Å². The Hall–Kier alpha value is -3.96. The molecule has 1 atom stereocenters. The highest BCUT2D eigenvalue weighted by atomic mass is 19.4. The van der Waals surface area contributed by atoms with E-state index in [1.54, 1.807) is 0 Å². The number of amides is 3. The second kappa shape index (κ2) is 18.6. The highest BCUT2D eigenvalue weighted by molar-refractivity contribution is 6.01. The minimum absolute atomic E-state index is 0.0226. The van der Waals surface area contributed by atoms with Crippen LogP contribution in [0.1, 0.15) is 25.7 Å². The van der Waals surface area contributed by atoms with Gasteiger partial charge in [-0.2, -0.15) is 13.2 Å². The maximum atomic E-state index is 12.5. The van der Waals surface area contributed by atoms with E-state index in [-0.39, 0.29) is 30.7 Å². The summed E-state index contributed by atoms with van der Waals surface area (Å²) in [5.41, 5.74) is 1.87. The molecule has 0 aliphatic carbocycles. The third-order valence-corrected chi connectivity index (χ3v) is 6.35. The topological polar surface area (TPSA) is 184 Å². The molecule has 17 heteroatoms. The van der Waals surface area contributed by atoms with Gasteiger partial charge in [0.05, 0.1) is 52.5 Å². The van der Waals surface area contributed by atoms with Crippen LogP contribution in [0.2, 0.25) is 0 Å². The van der Waals surface area contributed by atoms with Crippen LogP contribution in [-0.4, -0.2) is 123 Å². The fraction of sp³-hybridized carbons (Fsp3) is 0.593. The van der Waals surface area contributed by atoms with Crippen LogP contribution in [0.15, 0.2) is 24.3 Å². The number of benzene rings is 1. The Balaban J connectivity index is 0.000000860. The molecule has 44 heavy (non-hydrogen) atoms. The number of ether oxygens (including phenoxy) is 3. The average Bonchev–Trinajstić information content (AvgIpc) is 2.97. The van der Waals surface area contributed by atoms with Crippen LogP contribution in [0.3, 0.4) is 0 Å². The number of nitrogens with zero attached hydrogens (tertiary/aromatic N) is 2. The fourth-order valence-electron chi connectivity index (χ4n) is 4.03. The highest BCUT2D eigenvalue weighted by Gasteiger charge is 2.38. The number of aliphatic carboxylic acids is 2. The van der Waals surface area contributed by atoms with E-state index in [9.17, 15) is 32.3 Å². The lowest BCUT2D eigenvalue weighted by atomic mass is 10.1. The molecule has 14 nitrogen and oxygen atoms in total. The maximum absolute atomic E-state index is 12.5. The lowest BCUT2D eigenvalue weighted by molar-refractivity contribution is -0.192. The third kappa shape index (κ3) is 14.0. The Labute approximate surface area is 251 Å². The minimum atomic E-state index is -5.08. The summed E-state index contributed by atoms with van der Waals surface area (Å²) in [6.07, 6.45) is -3.97. The van der Waals surface area contributed by atoms with Gasteiger partial charge in [-0.05, 0) is 30.7 Å². The summed E-state index contributed by atoms with van der Waals surface area (Å²) in [5.74, 6) is -4.11. The molecule has 2 aliphatic rings. The molecule has 2 saturated heterocycles. The summed E-state index contributed by atoms with van der Waals surface area (Å²) in [6.45, 7) is 4.71. The normalized spacial score (nSPS) is 16.9. The zero-order valence-electron chi connectivity index (χ0n) is 24.0. The number of alkyl halides is 3. The van der Waals surface area contributed by atoms with Gasteiger partial charge in [-0.25, -0.2) is 4.79 Å². The molecule has 1 aromatic rings. The third-order valence-electron chi connectivity index (χ3n) is 6.35. The van der Waals surface area contributed by atoms with Crippen molar-refractivity contribution in [3.8, 4) is 0 Å². The number of nitrogens with one attached hydrogen (secondary N) is 2. The SMILES string of the molecule is O=C(O)C(F)(F)F.O=C(O)CCOCCOCCOCCC(=O)N1CCN(c2ccc(NC3CCC(=O)NC3=O)cc2)CC1. The molecule has 4 N–H and O–H groups in total. The summed E-state index contributed by atoms with van der Waals surface area (Å²) in [4.78, 5) is 59.0. The Kier molecular flexibility index (Phi) is 15.4. The molecule has 3 rings (SSSR count). The van der Waals surface area contributed by atoms with Gasteiger partial charge in [0, 0.05) is 44.0 Å². The molecular weight excluding hydrogens is 597 g/mol. The van der Waals surface area contributed by atoms with Crippen molar-refractivity contribution in [1.82, 2.24) is 10.2 Å². The first-order chi connectivity index (χ1) is 20.9. The quantitative estimate of drug-likeness (QED) is 0.159. The zero-order chi connectivity index (χ0) is 32.5. The number of imide groups is 1. The molecule has 1 unspecified atom stereocenters.